The van der Waals surface area contributed by atoms with E-state index in [0.717, 1.165) is 22.8 Å². The molecule has 0 aliphatic carbocycles. The van der Waals surface area contributed by atoms with Crippen molar-refractivity contribution in [1.82, 2.24) is 24.3 Å². The largest absolute Gasteiger partial charge is 0.396 e. The maximum Gasteiger partial charge on any atom is 0.279 e. The SMILES string of the molecule is CC1CCCC(n2cnc(-c3c(N(N)/C=C(\N)C(F)F)ccc(Cl)c3F)cc2=O)c2cc(ccn2)-c2c(cnn2C)NC1=O. The first-order valence-corrected chi connectivity index (χ1v) is 14.0. The number of hydrogen-bond donors (Lipinski definition) is 3. The van der Waals surface area contributed by atoms with Gasteiger partial charge < -0.3 is 11.1 Å². The lowest BCUT2D eigenvalue weighted by atomic mass is 9.97. The van der Waals surface area contributed by atoms with Crippen molar-refractivity contribution in [3.8, 4) is 22.5 Å². The summed E-state index contributed by atoms with van der Waals surface area (Å²) in [6.45, 7) is 1.83. The molecule has 4 heterocycles. The predicted octanol–water partition coefficient (Wildman–Crippen LogP) is 4.59. The fourth-order valence-corrected chi connectivity index (χ4v) is 5.31. The van der Waals surface area contributed by atoms with Crippen molar-refractivity contribution in [1.29, 1.82) is 0 Å². The topological polar surface area (TPSA) is 150 Å². The monoisotopic (exact) mass is 627 g/mol. The second-order valence-corrected chi connectivity index (χ2v) is 10.9. The number of fused-ring (bicyclic) bond motifs is 4. The Bertz CT molecular complexity index is 1810. The summed E-state index contributed by atoms with van der Waals surface area (Å²) in [5, 5.41) is 7.69. The van der Waals surface area contributed by atoms with Crippen molar-refractivity contribution in [3.63, 3.8) is 0 Å². The number of carbonyl (C=O) groups is 1. The lowest BCUT2D eigenvalue weighted by Gasteiger charge is -2.23. The third-order valence-electron chi connectivity index (χ3n) is 7.47. The van der Waals surface area contributed by atoms with Gasteiger partial charge in [-0.25, -0.2) is 24.0 Å². The Morgan fingerprint density at radius 2 is 1.98 bits per heavy atom. The van der Waals surface area contributed by atoms with Crippen molar-refractivity contribution in [3.05, 3.63) is 87.8 Å². The van der Waals surface area contributed by atoms with Gasteiger partial charge in [-0.1, -0.05) is 24.9 Å². The van der Waals surface area contributed by atoms with Gasteiger partial charge in [-0.05, 0) is 37.1 Å². The van der Waals surface area contributed by atoms with E-state index in [4.69, 9.17) is 23.2 Å². The average molecular weight is 628 g/mol. The molecular formula is C29H29ClF3N9O2. The Morgan fingerprint density at radius 3 is 2.70 bits per heavy atom. The maximum atomic E-state index is 15.4. The molecule has 1 aliphatic heterocycles. The van der Waals surface area contributed by atoms with Crippen LogP contribution in [0.15, 0.2) is 65.7 Å². The molecule has 15 heteroatoms. The molecule has 1 aliphatic rings. The van der Waals surface area contributed by atoms with Crippen molar-refractivity contribution in [2.45, 2.75) is 38.7 Å². The molecule has 1 aromatic carbocycles. The molecule has 3 aromatic heterocycles. The number of anilines is 2. The summed E-state index contributed by atoms with van der Waals surface area (Å²) < 4.78 is 44.5. The number of nitrogens with two attached hydrogens (primary N) is 2. The Hall–Kier alpha value is -4.69. The van der Waals surface area contributed by atoms with Gasteiger partial charge >= 0.3 is 0 Å². The molecule has 0 radical (unpaired) electrons. The molecule has 2 unspecified atom stereocenters. The van der Waals surface area contributed by atoms with Gasteiger partial charge in [-0.15, -0.1) is 0 Å². The summed E-state index contributed by atoms with van der Waals surface area (Å²) in [5.74, 6) is 4.52. The van der Waals surface area contributed by atoms with E-state index in [2.05, 4.69) is 20.4 Å². The molecular weight excluding hydrogens is 599 g/mol. The zero-order valence-corrected chi connectivity index (χ0v) is 24.5. The Balaban J connectivity index is 1.60. The first kappa shape index (κ1) is 30.8. The number of amides is 1. The Kier molecular flexibility index (Phi) is 8.74. The number of pyridine rings is 1. The standard InChI is InChI=1S/C29H29ClF3N9O2/c1-15-4-3-5-22(19-10-16(8-9-36-19)27-21(39-29(15)44)12-38-40(27)2)41-14-37-20(11-24(41)43)25-23(7-6-17(30)26(25)31)42(35)13-18(34)28(32)33/h6-15,22,28H,3-5,34-35H2,1-2H3,(H,39,44)/b18-13-. The normalized spacial score (nSPS) is 17.5. The van der Waals surface area contributed by atoms with Crippen LogP contribution in [0, 0.1) is 11.7 Å². The number of aryl methyl sites for hydroxylation is 1. The maximum absolute atomic E-state index is 15.4. The van der Waals surface area contributed by atoms with Gasteiger partial charge in [0.2, 0.25) is 5.91 Å². The lowest BCUT2D eigenvalue weighted by Crippen LogP contribution is -2.29. The molecule has 230 valence electrons. The number of hydrazine groups is 1. The highest BCUT2D eigenvalue weighted by atomic mass is 35.5. The van der Waals surface area contributed by atoms with Crippen LogP contribution in [0.5, 0.6) is 0 Å². The molecule has 0 fully saturated rings. The van der Waals surface area contributed by atoms with Gasteiger partial charge in [0.05, 0.1) is 63.3 Å². The van der Waals surface area contributed by atoms with E-state index in [1.165, 1.54) is 23.0 Å². The third kappa shape index (κ3) is 6.03. The van der Waals surface area contributed by atoms with Crippen LogP contribution in [0.2, 0.25) is 5.02 Å². The summed E-state index contributed by atoms with van der Waals surface area (Å²) in [6.07, 6.45) is 3.77. The van der Waals surface area contributed by atoms with E-state index in [0.29, 0.717) is 36.3 Å². The zero-order chi connectivity index (χ0) is 31.7. The average Bonchev–Trinajstić information content (AvgIpc) is 3.35. The van der Waals surface area contributed by atoms with Crippen molar-refractivity contribution >= 4 is 28.9 Å². The fraction of sp³-hybridized carbons (Fsp3) is 0.276. The van der Waals surface area contributed by atoms with E-state index in [1.807, 2.05) is 13.0 Å². The Morgan fingerprint density at radius 1 is 1.20 bits per heavy atom. The minimum absolute atomic E-state index is 0.0974. The van der Waals surface area contributed by atoms with E-state index >= 15 is 4.39 Å². The molecule has 1 amide bonds. The molecule has 4 aromatic rings. The van der Waals surface area contributed by atoms with Crippen LogP contribution in [-0.4, -0.2) is 36.6 Å². The van der Waals surface area contributed by atoms with Crippen LogP contribution in [0.1, 0.15) is 37.9 Å². The number of benzene rings is 1. The number of hydrogen-bond acceptors (Lipinski definition) is 8. The Labute approximate surface area is 254 Å². The number of aromatic nitrogens is 5. The first-order valence-electron chi connectivity index (χ1n) is 13.6. The second-order valence-electron chi connectivity index (χ2n) is 10.4. The highest BCUT2D eigenvalue weighted by Crippen LogP contribution is 2.36. The van der Waals surface area contributed by atoms with Crippen molar-refractivity contribution in [2.75, 3.05) is 10.3 Å². The molecule has 0 saturated heterocycles. The summed E-state index contributed by atoms with van der Waals surface area (Å²) in [5.41, 5.74) is 5.98. The van der Waals surface area contributed by atoms with Crippen LogP contribution < -0.4 is 27.5 Å². The van der Waals surface area contributed by atoms with Gasteiger partial charge in [0.15, 0.2) is 5.82 Å². The third-order valence-corrected chi connectivity index (χ3v) is 7.77. The van der Waals surface area contributed by atoms with Gasteiger partial charge in [-0.2, -0.15) is 5.10 Å². The quantitative estimate of drug-likeness (QED) is 0.215. The molecule has 0 saturated carbocycles. The van der Waals surface area contributed by atoms with Gasteiger partial charge in [0.25, 0.3) is 12.0 Å². The number of nitrogens with zero attached hydrogens (tertiary/aromatic N) is 6. The van der Waals surface area contributed by atoms with E-state index < -0.39 is 29.5 Å². The molecule has 0 spiro atoms. The summed E-state index contributed by atoms with van der Waals surface area (Å²) in [6, 6.07) is 6.63. The van der Waals surface area contributed by atoms with E-state index in [9.17, 15) is 18.4 Å². The minimum atomic E-state index is -3.00. The molecule has 44 heavy (non-hydrogen) atoms. The number of halogens is 4. The number of rotatable bonds is 5. The minimum Gasteiger partial charge on any atom is -0.396 e. The number of allylic oxidation sites excluding steroid dienone is 1. The molecule has 5 rings (SSSR count). The molecule has 11 nitrogen and oxygen atoms in total. The van der Waals surface area contributed by atoms with Crippen molar-refractivity contribution < 1.29 is 18.0 Å². The molecule has 2 bridgehead atoms. The van der Waals surface area contributed by atoms with Crippen LogP contribution in [0.25, 0.3) is 22.5 Å². The van der Waals surface area contributed by atoms with Gasteiger partial charge in [0.1, 0.15) is 0 Å². The van der Waals surface area contributed by atoms with Crippen LogP contribution in [0.3, 0.4) is 0 Å². The highest BCUT2D eigenvalue weighted by molar-refractivity contribution is 6.31. The van der Waals surface area contributed by atoms with Crippen LogP contribution in [-0.2, 0) is 11.8 Å². The first-order chi connectivity index (χ1) is 21.0. The van der Waals surface area contributed by atoms with Crippen molar-refractivity contribution in [2.24, 2.45) is 24.5 Å². The van der Waals surface area contributed by atoms with E-state index in [-0.39, 0.29) is 33.8 Å². The van der Waals surface area contributed by atoms with Gasteiger partial charge in [0, 0.05) is 37.0 Å². The predicted molar refractivity (Wildman–Crippen MR) is 160 cm³/mol. The summed E-state index contributed by atoms with van der Waals surface area (Å²) in [7, 11) is 1.76. The van der Waals surface area contributed by atoms with E-state index in [1.54, 1.807) is 30.2 Å². The smallest absolute Gasteiger partial charge is 0.279 e. The number of carbonyl (C=O) groups excluding carboxylic acids is 1. The molecule has 2 atom stereocenters. The summed E-state index contributed by atoms with van der Waals surface area (Å²) >= 11 is 6.03. The zero-order valence-electron chi connectivity index (χ0n) is 23.7. The highest BCUT2D eigenvalue weighted by Gasteiger charge is 2.25. The van der Waals surface area contributed by atoms with Gasteiger partial charge in [-0.3, -0.25) is 28.8 Å². The van der Waals surface area contributed by atoms with Crippen LogP contribution in [0.4, 0.5) is 24.5 Å². The summed E-state index contributed by atoms with van der Waals surface area (Å²) in [4.78, 5) is 35.5. The lowest BCUT2D eigenvalue weighted by molar-refractivity contribution is -0.119. The second kappa shape index (κ2) is 12.5. The van der Waals surface area contributed by atoms with Crippen LogP contribution >= 0.6 is 11.6 Å². The number of alkyl halides is 2. The number of nitrogens with one attached hydrogen (secondary N) is 1. The molecule has 5 N–H and O–H groups in total. The fourth-order valence-electron chi connectivity index (χ4n) is 5.15.